The van der Waals surface area contributed by atoms with Gasteiger partial charge in [0.05, 0.1) is 12.7 Å². The molecule has 0 amide bonds. The van der Waals surface area contributed by atoms with Crippen molar-refractivity contribution in [2.24, 2.45) is 0 Å². The molecule has 0 aromatic carbocycles. The van der Waals surface area contributed by atoms with Crippen LogP contribution in [0.1, 0.15) is 124 Å². The van der Waals surface area contributed by atoms with Crippen molar-refractivity contribution in [2.75, 3.05) is 6.61 Å². The predicted molar refractivity (Wildman–Crippen MR) is 119 cm³/mol. The molecule has 0 aliphatic carbocycles. The summed E-state index contributed by atoms with van der Waals surface area (Å²) in [5.41, 5.74) is 0. The van der Waals surface area contributed by atoms with E-state index in [-0.39, 0.29) is 6.10 Å². The second kappa shape index (κ2) is 16.2. The molecular formula is C25H46O3. The first-order valence-corrected chi connectivity index (χ1v) is 12.0. The van der Waals surface area contributed by atoms with Crippen LogP contribution in [0.5, 0.6) is 0 Å². The van der Waals surface area contributed by atoms with Gasteiger partial charge in [0.2, 0.25) is 0 Å². The molecule has 1 fully saturated rings. The van der Waals surface area contributed by atoms with Gasteiger partial charge in [0.25, 0.3) is 0 Å². The number of allylic oxidation sites excluding steroid dienone is 2. The summed E-state index contributed by atoms with van der Waals surface area (Å²) in [4.78, 5) is 11.9. The van der Waals surface area contributed by atoms with E-state index < -0.39 is 5.79 Å². The van der Waals surface area contributed by atoms with Gasteiger partial charge in [0.1, 0.15) is 0 Å². The molecule has 0 spiro atoms. The average molecular weight is 395 g/mol. The standard InChI is InChI=1S/C25H46O3/c1-4-5-6-7-8-9-10-11-13-16-19-23(26)20-17-14-12-15-18-21-24-22-27-25(2,3)28-24/h17,20,24H,4-16,18-19,21-22H2,1-3H3/b20-17+/t24-/m0/s1. The van der Waals surface area contributed by atoms with Crippen LogP contribution in [-0.4, -0.2) is 24.3 Å². The average Bonchev–Trinajstić information content (AvgIpc) is 3.01. The van der Waals surface area contributed by atoms with E-state index >= 15 is 0 Å². The summed E-state index contributed by atoms with van der Waals surface area (Å²) in [5.74, 6) is -0.0968. The largest absolute Gasteiger partial charge is 0.348 e. The molecule has 0 aromatic heterocycles. The van der Waals surface area contributed by atoms with Gasteiger partial charge in [0, 0.05) is 6.42 Å². The number of carbonyl (C=O) groups excluding carboxylic acids is 1. The van der Waals surface area contributed by atoms with Crippen LogP contribution < -0.4 is 0 Å². The highest BCUT2D eigenvalue weighted by Gasteiger charge is 2.31. The molecule has 0 radical (unpaired) electrons. The highest BCUT2D eigenvalue weighted by atomic mass is 16.7. The van der Waals surface area contributed by atoms with E-state index in [1.54, 1.807) is 0 Å². The molecule has 0 bridgehead atoms. The molecule has 3 heteroatoms. The van der Waals surface area contributed by atoms with Crippen LogP contribution in [0.4, 0.5) is 0 Å². The van der Waals surface area contributed by atoms with Crippen LogP contribution in [0.25, 0.3) is 0 Å². The number of ether oxygens (including phenoxy) is 2. The van der Waals surface area contributed by atoms with Crippen LogP contribution in [0, 0.1) is 0 Å². The molecule has 3 nitrogen and oxygen atoms in total. The summed E-state index contributed by atoms with van der Waals surface area (Å²) in [6, 6.07) is 0. The fourth-order valence-electron chi connectivity index (χ4n) is 3.80. The third kappa shape index (κ3) is 14.3. The van der Waals surface area contributed by atoms with Crippen molar-refractivity contribution in [1.29, 1.82) is 0 Å². The van der Waals surface area contributed by atoms with Crippen molar-refractivity contribution < 1.29 is 14.3 Å². The summed E-state index contributed by atoms with van der Waals surface area (Å²) in [6.45, 7) is 6.94. The molecule has 0 saturated carbocycles. The van der Waals surface area contributed by atoms with Crippen LogP contribution in [0.2, 0.25) is 0 Å². The third-order valence-electron chi connectivity index (χ3n) is 5.54. The zero-order valence-electron chi connectivity index (χ0n) is 19.0. The van der Waals surface area contributed by atoms with Crippen molar-refractivity contribution in [3.8, 4) is 0 Å². The first kappa shape index (κ1) is 25.4. The van der Waals surface area contributed by atoms with Crippen LogP contribution in [0.3, 0.4) is 0 Å². The van der Waals surface area contributed by atoms with Gasteiger partial charge >= 0.3 is 0 Å². The van der Waals surface area contributed by atoms with Crippen LogP contribution in [0.15, 0.2) is 12.2 Å². The van der Waals surface area contributed by atoms with Gasteiger partial charge in [-0.3, -0.25) is 4.79 Å². The summed E-state index contributed by atoms with van der Waals surface area (Å²) in [5, 5.41) is 0. The smallest absolute Gasteiger partial charge is 0.163 e. The SMILES string of the molecule is CCCCCCCCCCCCC(=O)/C=C/CCCCC[C@H]1COC(C)(C)O1. The van der Waals surface area contributed by atoms with E-state index in [4.69, 9.17) is 9.47 Å². The summed E-state index contributed by atoms with van der Waals surface area (Å²) in [7, 11) is 0. The van der Waals surface area contributed by atoms with Crippen LogP contribution in [-0.2, 0) is 14.3 Å². The summed E-state index contributed by atoms with van der Waals surface area (Å²) in [6.07, 6.45) is 23.6. The van der Waals surface area contributed by atoms with Crippen molar-refractivity contribution in [3.63, 3.8) is 0 Å². The molecule has 0 N–H and O–H groups in total. The molecule has 1 atom stereocenters. The van der Waals surface area contributed by atoms with Crippen LogP contribution >= 0.6 is 0 Å². The molecular weight excluding hydrogens is 348 g/mol. The number of hydrogen-bond donors (Lipinski definition) is 0. The minimum atomic E-state index is -0.401. The van der Waals surface area contributed by atoms with E-state index in [0.717, 1.165) is 38.7 Å². The lowest BCUT2D eigenvalue weighted by molar-refractivity contribution is -0.139. The molecule has 1 aliphatic rings. The molecule has 1 heterocycles. The molecule has 1 rings (SSSR count). The summed E-state index contributed by atoms with van der Waals surface area (Å²) < 4.78 is 11.4. The fourth-order valence-corrected chi connectivity index (χ4v) is 3.80. The fraction of sp³-hybridized carbons (Fsp3) is 0.880. The molecule has 1 saturated heterocycles. The Balaban J connectivity index is 1.83. The number of carbonyl (C=O) groups is 1. The highest BCUT2D eigenvalue weighted by molar-refractivity contribution is 5.89. The predicted octanol–water partition coefficient (Wildman–Crippen LogP) is 7.52. The Morgan fingerprint density at radius 3 is 2.11 bits per heavy atom. The van der Waals surface area contributed by atoms with Gasteiger partial charge in [-0.1, -0.05) is 83.6 Å². The van der Waals surface area contributed by atoms with Crippen molar-refractivity contribution >= 4 is 5.78 Å². The maximum atomic E-state index is 11.9. The van der Waals surface area contributed by atoms with Crippen molar-refractivity contribution in [2.45, 2.75) is 135 Å². The lowest BCUT2D eigenvalue weighted by atomic mass is 10.0. The quantitative estimate of drug-likeness (QED) is 0.178. The Labute approximate surface area is 174 Å². The Kier molecular flexibility index (Phi) is 14.6. The molecule has 1 aliphatic heterocycles. The normalized spacial score (nSPS) is 18.9. The maximum Gasteiger partial charge on any atom is 0.163 e. The Hall–Kier alpha value is -0.670. The Bertz CT molecular complexity index is 414. The van der Waals surface area contributed by atoms with Gasteiger partial charge in [-0.25, -0.2) is 0 Å². The van der Waals surface area contributed by atoms with E-state index in [1.807, 2.05) is 19.9 Å². The van der Waals surface area contributed by atoms with E-state index in [9.17, 15) is 4.79 Å². The maximum absolute atomic E-state index is 11.9. The number of ketones is 1. The monoisotopic (exact) mass is 394 g/mol. The minimum Gasteiger partial charge on any atom is -0.348 e. The van der Waals surface area contributed by atoms with Gasteiger partial charge in [-0.05, 0) is 45.6 Å². The minimum absolute atomic E-state index is 0.258. The molecule has 164 valence electrons. The Morgan fingerprint density at radius 2 is 1.50 bits per heavy atom. The number of unbranched alkanes of at least 4 members (excludes halogenated alkanes) is 12. The molecule has 0 aromatic rings. The summed E-state index contributed by atoms with van der Waals surface area (Å²) >= 11 is 0. The second-order valence-corrected chi connectivity index (χ2v) is 8.89. The van der Waals surface area contributed by atoms with Gasteiger partial charge in [-0.15, -0.1) is 0 Å². The lowest BCUT2D eigenvalue weighted by Crippen LogP contribution is -2.21. The highest BCUT2D eigenvalue weighted by Crippen LogP contribution is 2.25. The van der Waals surface area contributed by atoms with E-state index in [0.29, 0.717) is 5.78 Å². The van der Waals surface area contributed by atoms with Gasteiger partial charge in [-0.2, -0.15) is 0 Å². The number of hydrogen-bond acceptors (Lipinski definition) is 3. The van der Waals surface area contributed by atoms with Gasteiger partial charge < -0.3 is 9.47 Å². The van der Waals surface area contributed by atoms with Crippen molar-refractivity contribution in [3.05, 3.63) is 12.2 Å². The second-order valence-electron chi connectivity index (χ2n) is 8.89. The first-order valence-electron chi connectivity index (χ1n) is 12.0. The molecule has 0 unspecified atom stereocenters. The lowest BCUT2D eigenvalue weighted by Gasteiger charge is -2.16. The zero-order valence-corrected chi connectivity index (χ0v) is 19.0. The van der Waals surface area contributed by atoms with Crippen molar-refractivity contribution in [1.82, 2.24) is 0 Å². The van der Waals surface area contributed by atoms with E-state index in [1.165, 1.54) is 70.6 Å². The van der Waals surface area contributed by atoms with E-state index in [2.05, 4.69) is 13.0 Å². The third-order valence-corrected chi connectivity index (χ3v) is 5.54. The molecule has 28 heavy (non-hydrogen) atoms. The first-order chi connectivity index (χ1) is 13.5. The zero-order chi connectivity index (χ0) is 20.5. The topological polar surface area (TPSA) is 35.5 Å². The number of rotatable bonds is 18. The van der Waals surface area contributed by atoms with Gasteiger partial charge in [0.15, 0.2) is 11.6 Å². The Morgan fingerprint density at radius 1 is 0.893 bits per heavy atom.